The lowest BCUT2D eigenvalue weighted by Crippen LogP contribution is -2.32. The first-order valence-corrected chi connectivity index (χ1v) is 3.98. The Morgan fingerprint density at radius 1 is 1.55 bits per heavy atom. The highest BCUT2D eigenvalue weighted by Gasteiger charge is 2.09. The van der Waals surface area contributed by atoms with E-state index in [0.717, 1.165) is 12.8 Å². The molecule has 0 bridgehead atoms. The van der Waals surface area contributed by atoms with Crippen LogP contribution in [-0.2, 0) is 6.42 Å². The third-order valence-corrected chi connectivity index (χ3v) is 1.72. The summed E-state index contributed by atoms with van der Waals surface area (Å²) in [7, 11) is 0. The summed E-state index contributed by atoms with van der Waals surface area (Å²) >= 11 is 0. The summed E-state index contributed by atoms with van der Waals surface area (Å²) in [5.41, 5.74) is 7.13. The Morgan fingerprint density at radius 3 is 2.73 bits per heavy atom. The number of hydrogen-bond acceptors (Lipinski definition) is 1. The van der Waals surface area contributed by atoms with Gasteiger partial charge in [-0.25, -0.2) is 0 Å². The maximum absolute atomic E-state index is 5.84. The molecule has 2 heteroatoms. The molecule has 62 valence electrons. The van der Waals surface area contributed by atoms with Crippen LogP contribution in [0.5, 0.6) is 0 Å². The smallest absolute Gasteiger partial charge is 0.0100 e. The predicted octanol–water partition coefficient (Wildman–Crippen LogP) is 1.68. The van der Waals surface area contributed by atoms with Crippen LogP contribution < -0.4 is 5.73 Å². The average Bonchev–Trinajstić information content (AvgIpc) is 2.32. The van der Waals surface area contributed by atoms with Gasteiger partial charge in [0.05, 0.1) is 0 Å². The first-order valence-electron chi connectivity index (χ1n) is 3.98. The fourth-order valence-corrected chi connectivity index (χ4v) is 0.980. The van der Waals surface area contributed by atoms with Crippen molar-refractivity contribution in [2.75, 3.05) is 0 Å². The number of aryl methyl sites for hydroxylation is 1. The second-order valence-corrected chi connectivity index (χ2v) is 3.71. The van der Waals surface area contributed by atoms with Crippen LogP contribution in [0.15, 0.2) is 18.5 Å². The molecule has 0 amide bonds. The van der Waals surface area contributed by atoms with Crippen LogP contribution in [0.2, 0.25) is 0 Å². The van der Waals surface area contributed by atoms with Gasteiger partial charge >= 0.3 is 0 Å². The molecule has 0 spiro atoms. The lowest BCUT2D eigenvalue weighted by Gasteiger charge is -2.17. The van der Waals surface area contributed by atoms with Crippen molar-refractivity contribution in [1.29, 1.82) is 0 Å². The van der Waals surface area contributed by atoms with E-state index in [2.05, 4.69) is 24.9 Å². The van der Waals surface area contributed by atoms with Gasteiger partial charge in [0.25, 0.3) is 0 Å². The lowest BCUT2D eigenvalue weighted by molar-refractivity contribution is 0.477. The van der Waals surface area contributed by atoms with Crippen molar-refractivity contribution >= 4 is 0 Å². The van der Waals surface area contributed by atoms with Crippen molar-refractivity contribution in [3.05, 3.63) is 24.0 Å². The van der Waals surface area contributed by atoms with E-state index < -0.39 is 0 Å². The molecule has 1 heterocycles. The van der Waals surface area contributed by atoms with E-state index in [-0.39, 0.29) is 5.54 Å². The summed E-state index contributed by atoms with van der Waals surface area (Å²) in [6, 6.07) is 2.09. The van der Waals surface area contributed by atoms with E-state index >= 15 is 0 Å². The predicted molar refractivity (Wildman–Crippen MR) is 47.4 cm³/mol. The maximum Gasteiger partial charge on any atom is 0.0100 e. The van der Waals surface area contributed by atoms with E-state index in [9.17, 15) is 0 Å². The van der Waals surface area contributed by atoms with Crippen molar-refractivity contribution in [2.24, 2.45) is 5.73 Å². The maximum atomic E-state index is 5.84. The number of nitrogens with one attached hydrogen (secondary N) is 1. The van der Waals surface area contributed by atoms with Gasteiger partial charge in [-0.3, -0.25) is 0 Å². The molecule has 11 heavy (non-hydrogen) atoms. The van der Waals surface area contributed by atoms with E-state index in [4.69, 9.17) is 5.73 Å². The fraction of sp³-hybridized carbons (Fsp3) is 0.556. The number of nitrogens with two attached hydrogens (primary N) is 1. The Bertz CT molecular complexity index is 194. The third kappa shape index (κ3) is 3.23. The van der Waals surface area contributed by atoms with Gasteiger partial charge in [-0.1, -0.05) is 0 Å². The van der Waals surface area contributed by atoms with E-state index in [1.54, 1.807) is 0 Å². The SMILES string of the molecule is CC(C)(N)CCc1cc[nH]c1. The van der Waals surface area contributed by atoms with E-state index in [1.165, 1.54) is 5.56 Å². The largest absolute Gasteiger partial charge is 0.367 e. The number of aromatic amines is 1. The van der Waals surface area contributed by atoms with Crippen LogP contribution in [0.4, 0.5) is 0 Å². The van der Waals surface area contributed by atoms with Crippen LogP contribution in [0.1, 0.15) is 25.8 Å². The molecule has 0 aliphatic heterocycles. The molecular weight excluding hydrogens is 136 g/mol. The fourth-order valence-electron chi connectivity index (χ4n) is 0.980. The molecule has 1 rings (SSSR count). The number of hydrogen-bond donors (Lipinski definition) is 2. The normalized spacial score (nSPS) is 11.9. The highest BCUT2D eigenvalue weighted by molar-refractivity contribution is 5.08. The third-order valence-electron chi connectivity index (χ3n) is 1.72. The average molecular weight is 152 g/mol. The minimum atomic E-state index is -0.0444. The minimum absolute atomic E-state index is 0.0444. The summed E-state index contributed by atoms with van der Waals surface area (Å²) in [6.07, 6.45) is 6.06. The second-order valence-electron chi connectivity index (χ2n) is 3.71. The van der Waals surface area contributed by atoms with Crippen molar-refractivity contribution < 1.29 is 0 Å². The molecule has 1 aromatic rings. The molecule has 0 unspecified atom stereocenters. The zero-order chi connectivity index (χ0) is 8.32. The highest BCUT2D eigenvalue weighted by atomic mass is 14.7. The van der Waals surface area contributed by atoms with Crippen molar-refractivity contribution in [1.82, 2.24) is 4.98 Å². The van der Waals surface area contributed by atoms with Gasteiger partial charge in [-0.05, 0) is 38.3 Å². The van der Waals surface area contributed by atoms with Crippen LogP contribution >= 0.6 is 0 Å². The van der Waals surface area contributed by atoms with Gasteiger partial charge in [0.15, 0.2) is 0 Å². The molecule has 0 atom stereocenters. The highest BCUT2D eigenvalue weighted by Crippen LogP contribution is 2.09. The van der Waals surface area contributed by atoms with Crippen LogP contribution in [0, 0.1) is 0 Å². The summed E-state index contributed by atoms with van der Waals surface area (Å²) < 4.78 is 0. The minimum Gasteiger partial charge on any atom is -0.367 e. The Morgan fingerprint density at radius 2 is 2.27 bits per heavy atom. The first kappa shape index (κ1) is 8.34. The molecule has 0 saturated heterocycles. The van der Waals surface area contributed by atoms with Crippen molar-refractivity contribution in [3.8, 4) is 0 Å². The van der Waals surface area contributed by atoms with E-state index in [0.29, 0.717) is 0 Å². The topological polar surface area (TPSA) is 41.8 Å². The lowest BCUT2D eigenvalue weighted by atomic mass is 9.98. The molecule has 0 fully saturated rings. The summed E-state index contributed by atoms with van der Waals surface area (Å²) in [5.74, 6) is 0. The molecule has 0 radical (unpaired) electrons. The zero-order valence-corrected chi connectivity index (χ0v) is 7.22. The molecule has 0 aliphatic rings. The quantitative estimate of drug-likeness (QED) is 0.680. The Kier molecular flexibility index (Phi) is 2.35. The van der Waals surface area contributed by atoms with Crippen LogP contribution in [0.3, 0.4) is 0 Å². The van der Waals surface area contributed by atoms with Gasteiger partial charge < -0.3 is 10.7 Å². The van der Waals surface area contributed by atoms with Gasteiger partial charge in [0.2, 0.25) is 0 Å². The molecule has 0 aliphatic carbocycles. The van der Waals surface area contributed by atoms with Gasteiger partial charge in [-0.2, -0.15) is 0 Å². The second kappa shape index (κ2) is 3.09. The summed E-state index contributed by atoms with van der Waals surface area (Å²) in [4.78, 5) is 3.03. The van der Waals surface area contributed by atoms with E-state index in [1.807, 2.05) is 12.4 Å². The summed E-state index contributed by atoms with van der Waals surface area (Å²) in [5, 5.41) is 0. The summed E-state index contributed by atoms with van der Waals surface area (Å²) in [6.45, 7) is 4.11. The van der Waals surface area contributed by atoms with Gasteiger partial charge in [0, 0.05) is 17.9 Å². The van der Waals surface area contributed by atoms with Crippen molar-refractivity contribution in [3.63, 3.8) is 0 Å². The number of H-pyrrole nitrogens is 1. The van der Waals surface area contributed by atoms with Crippen LogP contribution in [-0.4, -0.2) is 10.5 Å². The standard InChI is InChI=1S/C9H16N2/c1-9(2,10)5-3-8-4-6-11-7-8/h4,6-7,11H,3,5,10H2,1-2H3. The van der Waals surface area contributed by atoms with Crippen molar-refractivity contribution in [2.45, 2.75) is 32.2 Å². The Hall–Kier alpha value is -0.760. The van der Waals surface area contributed by atoms with Crippen LogP contribution in [0.25, 0.3) is 0 Å². The Balaban J connectivity index is 2.35. The molecule has 2 nitrogen and oxygen atoms in total. The molecule has 1 aromatic heterocycles. The number of rotatable bonds is 3. The van der Waals surface area contributed by atoms with Gasteiger partial charge in [-0.15, -0.1) is 0 Å². The number of aromatic nitrogens is 1. The molecule has 0 saturated carbocycles. The monoisotopic (exact) mass is 152 g/mol. The van der Waals surface area contributed by atoms with Gasteiger partial charge in [0.1, 0.15) is 0 Å². The Labute approximate surface area is 67.8 Å². The first-order chi connectivity index (χ1) is 5.08. The molecule has 0 aromatic carbocycles. The molecule has 3 N–H and O–H groups in total. The zero-order valence-electron chi connectivity index (χ0n) is 7.22. The molecular formula is C9H16N2.